The minimum atomic E-state index is 0.0481. The Balaban J connectivity index is 2.13. The van der Waals surface area contributed by atoms with Gasteiger partial charge in [-0.25, -0.2) is 0 Å². The van der Waals surface area contributed by atoms with Crippen LogP contribution in [0.5, 0.6) is 5.75 Å². The molecule has 1 N–H and O–H groups in total. The number of Topliss-reactive ketones (excluding diaryl/α,β-unsaturated/α-hetero) is 1. The molecule has 0 aliphatic heterocycles. The predicted molar refractivity (Wildman–Crippen MR) is 81.1 cm³/mol. The molecule has 0 saturated heterocycles. The third-order valence-electron chi connectivity index (χ3n) is 4.36. The van der Waals surface area contributed by atoms with E-state index in [1.54, 1.807) is 19.1 Å². The van der Waals surface area contributed by atoms with Crippen LogP contribution in [0.2, 0.25) is 0 Å². The zero-order valence-corrected chi connectivity index (χ0v) is 12.6. The average Bonchev–Trinajstić information content (AvgIpc) is 2.47. The summed E-state index contributed by atoms with van der Waals surface area (Å²) < 4.78 is 0. The third-order valence-corrected chi connectivity index (χ3v) is 4.36. The monoisotopic (exact) mass is 275 g/mol. The number of hydrogen-bond acceptors (Lipinski definition) is 3. The van der Waals surface area contributed by atoms with Gasteiger partial charge < -0.3 is 5.11 Å². The number of carbonyl (C=O) groups excluding carboxylic acids is 1. The molecule has 0 bridgehead atoms. The van der Waals surface area contributed by atoms with E-state index in [0.29, 0.717) is 17.4 Å². The Labute approximate surface area is 121 Å². The Bertz CT molecular complexity index is 464. The van der Waals surface area contributed by atoms with Crippen molar-refractivity contribution in [3.05, 3.63) is 29.3 Å². The molecule has 3 heteroatoms. The van der Waals surface area contributed by atoms with E-state index in [9.17, 15) is 9.90 Å². The number of hydrogen-bond donors (Lipinski definition) is 1. The molecule has 0 aromatic heterocycles. The molecule has 20 heavy (non-hydrogen) atoms. The first kappa shape index (κ1) is 15.0. The summed E-state index contributed by atoms with van der Waals surface area (Å²) in [5.74, 6) is 0.344. The van der Waals surface area contributed by atoms with Gasteiger partial charge in [-0.2, -0.15) is 0 Å². The molecule has 0 radical (unpaired) electrons. The molecular formula is C17H25NO2. The lowest BCUT2D eigenvalue weighted by Gasteiger charge is -2.33. The molecule has 0 amide bonds. The largest absolute Gasteiger partial charge is 0.508 e. The van der Waals surface area contributed by atoms with Gasteiger partial charge in [0.2, 0.25) is 0 Å². The topological polar surface area (TPSA) is 40.5 Å². The van der Waals surface area contributed by atoms with Crippen molar-refractivity contribution in [1.29, 1.82) is 0 Å². The van der Waals surface area contributed by atoms with Gasteiger partial charge in [-0.3, -0.25) is 9.69 Å². The van der Waals surface area contributed by atoms with Gasteiger partial charge in [0, 0.05) is 23.7 Å². The van der Waals surface area contributed by atoms with E-state index >= 15 is 0 Å². The van der Waals surface area contributed by atoms with Gasteiger partial charge in [0.05, 0.1) is 0 Å². The Hall–Kier alpha value is -1.35. The van der Waals surface area contributed by atoms with Crippen molar-refractivity contribution in [2.45, 2.75) is 58.5 Å². The fourth-order valence-electron chi connectivity index (χ4n) is 3.10. The highest BCUT2D eigenvalue weighted by Crippen LogP contribution is 2.26. The van der Waals surface area contributed by atoms with Crippen molar-refractivity contribution in [1.82, 2.24) is 4.90 Å². The van der Waals surface area contributed by atoms with E-state index in [4.69, 9.17) is 0 Å². The van der Waals surface area contributed by atoms with Crippen molar-refractivity contribution < 1.29 is 9.90 Å². The number of phenolic OH excluding ortho intramolecular Hbond substituents is 1. The summed E-state index contributed by atoms with van der Waals surface area (Å²) >= 11 is 0. The lowest BCUT2D eigenvalue weighted by atomic mass is 9.93. The molecule has 1 saturated carbocycles. The van der Waals surface area contributed by atoms with Gasteiger partial charge in [0.25, 0.3) is 0 Å². The molecule has 1 fully saturated rings. The van der Waals surface area contributed by atoms with Crippen LogP contribution in [0.25, 0.3) is 0 Å². The van der Waals surface area contributed by atoms with Crippen LogP contribution in [-0.2, 0) is 6.54 Å². The molecule has 1 aliphatic carbocycles. The van der Waals surface area contributed by atoms with Gasteiger partial charge in [-0.15, -0.1) is 0 Å². The zero-order chi connectivity index (χ0) is 14.5. The maximum absolute atomic E-state index is 11.5. The Morgan fingerprint density at radius 2 is 2.00 bits per heavy atom. The average molecular weight is 275 g/mol. The number of carbonyl (C=O) groups is 1. The van der Waals surface area contributed by atoms with Crippen LogP contribution in [-0.4, -0.2) is 28.4 Å². The molecule has 110 valence electrons. The molecule has 3 nitrogen and oxygen atoms in total. The number of nitrogens with zero attached hydrogens (tertiary/aromatic N) is 1. The zero-order valence-electron chi connectivity index (χ0n) is 12.6. The molecule has 1 aliphatic rings. The maximum Gasteiger partial charge on any atom is 0.159 e. The van der Waals surface area contributed by atoms with E-state index in [0.717, 1.165) is 18.7 Å². The molecule has 0 heterocycles. The summed E-state index contributed by atoms with van der Waals surface area (Å²) in [5, 5.41) is 10.0. The first-order valence-electron chi connectivity index (χ1n) is 7.68. The lowest BCUT2D eigenvalue weighted by Crippen LogP contribution is -2.36. The highest BCUT2D eigenvalue weighted by atomic mass is 16.3. The summed E-state index contributed by atoms with van der Waals surface area (Å²) in [7, 11) is 0. The molecule has 0 unspecified atom stereocenters. The molecule has 0 atom stereocenters. The van der Waals surface area contributed by atoms with Crippen molar-refractivity contribution >= 4 is 5.78 Å². The number of rotatable bonds is 5. The number of benzene rings is 1. The second-order valence-electron chi connectivity index (χ2n) is 5.75. The maximum atomic E-state index is 11.5. The summed E-state index contributed by atoms with van der Waals surface area (Å²) in [6, 6.07) is 5.79. The first-order valence-corrected chi connectivity index (χ1v) is 7.68. The minimum Gasteiger partial charge on any atom is -0.508 e. The normalized spacial score (nSPS) is 16.6. The number of ketones is 1. The number of phenols is 1. The van der Waals surface area contributed by atoms with Gasteiger partial charge in [-0.05, 0) is 44.5 Å². The van der Waals surface area contributed by atoms with Crippen LogP contribution >= 0.6 is 0 Å². The molecule has 1 aromatic rings. The highest BCUT2D eigenvalue weighted by molar-refractivity contribution is 5.94. The fraction of sp³-hybridized carbons (Fsp3) is 0.588. The van der Waals surface area contributed by atoms with Crippen molar-refractivity contribution in [2.75, 3.05) is 6.54 Å². The Morgan fingerprint density at radius 1 is 1.30 bits per heavy atom. The standard InChI is InChI=1S/C17H25NO2/c1-3-18(16-7-5-4-6-8-16)12-15-11-14(13(2)19)9-10-17(15)20/h9-11,16,20H,3-8,12H2,1-2H3. The number of aromatic hydroxyl groups is 1. The minimum absolute atomic E-state index is 0.0481. The van der Waals surface area contributed by atoms with Crippen molar-refractivity contribution in [2.24, 2.45) is 0 Å². The second kappa shape index (κ2) is 6.89. The SMILES string of the molecule is CCN(Cc1cc(C(C)=O)ccc1O)C1CCCCC1. The summed E-state index contributed by atoms with van der Waals surface area (Å²) in [4.78, 5) is 13.9. The fourth-order valence-corrected chi connectivity index (χ4v) is 3.10. The van der Waals surface area contributed by atoms with Gasteiger partial charge in [0.1, 0.15) is 5.75 Å². The highest BCUT2D eigenvalue weighted by Gasteiger charge is 2.21. The Morgan fingerprint density at radius 3 is 2.60 bits per heavy atom. The lowest BCUT2D eigenvalue weighted by molar-refractivity contribution is 0.101. The predicted octanol–water partition coefficient (Wildman–Crippen LogP) is 3.75. The van der Waals surface area contributed by atoms with Crippen LogP contribution in [0.1, 0.15) is 61.9 Å². The second-order valence-corrected chi connectivity index (χ2v) is 5.75. The van der Waals surface area contributed by atoms with Crippen molar-refractivity contribution in [3.8, 4) is 5.75 Å². The van der Waals surface area contributed by atoms with E-state index in [-0.39, 0.29) is 5.78 Å². The van der Waals surface area contributed by atoms with Crippen LogP contribution in [0, 0.1) is 0 Å². The van der Waals surface area contributed by atoms with Crippen molar-refractivity contribution in [3.63, 3.8) is 0 Å². The molecular weight excluding hydrogens is 250 g/mol. The van der Waals surface area contributed by atoms with E-state index in [2.05, 4.69) is 11.8 Å². The third kappa shape index (κ3) is 3.60. The first-order chi connectivity index (χ1) is 9.61. The van der Waals surface area contributed by atoms with Gasteiger partial charge >= 0.3 is 0 Å². The van der Waals surface area contributed by atoms with E-state index in [1.165, 1.54) is 32.1 Å². The summed E-state index contributed by atoms with van der Waals surface area (Å²) in [5.41, 5.74) is 1.54. The smallest absolute Gasteiger partial charge is 0.159 e. The van der Waals surface area contributed by atoms with Crippen LogP contribution in [0.4, 0.5) is 0 Å². The van der Waals surface area contributed by atoms with Crippen LogP contribution in [0.3, 0.4) is 0 Å². The van der Waals surface area contributed by atoms with Gasteiger partial charge in [0.15, 0.2) is 5.78 Å². The summed E-state index contributed by atoms with van der Waals surface area (Å²) in [6.07, 6.45) is 6.46. The van der Waals surface area contributed by atoms with Crippen LogP contribution in [0.15, 0.2) is 18.2 Å². The molecule has 1 aromatic carbocycles. The van der Waals surface area contributed by atoms with Gasteiger partial charge in [-0.1, -0.05) is 26.2 Å². The van der Waals surface area contributed by atoms with E-state index < -0.39 is 0 Å². The van der Waals surface area contributed by atoms with Crippen LogP contribution < -0.4 is 0 Å². The van der Waals surface area contributed by atoms with E-state index in [1.807, 2.05) is 6.07 Å². The quantitative estimate of drug-likeness (QED) is 0.832. The summed E-state index contributed by atoms with van der Waals surface area (Å²) in [6.45, 7) is 5.44. The molecule has 0 spiro atoms. The molecule has 2 rings (SSSR count). The Kier molecular flexibility index (Phi) is 5.18.